The van der Waals surface area contributed by atoms with Gasteiger partial charge in [0.2, 0.25) is 0 Å². The van der Waals surface area contributed by atoms with E-state index in [0.717, 1.165) is 18.7 Å². The fourth-order valence-corrected chi connectivity index (χ4v) is 3.09. The maximum Gasteiger partial charge on any atom is 0.0237 e. The zero-order valence-electron chi connectivity index (χ0n) is 16.5. The summed E-state index contributed by atoms with van der Waals surface area (Å²) in [6.45, 7) is 17.0. The van der Waals surface area contributed by atoms with Crippen molar-refractivity contribution < 1.29 is 0 Å². The predicted octanol–water partition coefficient (Wildman–Crippen LogP) is 6.38. The van der Waals surface area contributed by atoms with Gasteiger partial charge in [-0.2, -0.15) is 0 Å². The maximum absolute atomic E-state index is 4.09. The summed E-state index contributed by atoms with van der Waals surface area (Å²) in [6, 6.07) is 15.6. The average molecular weight is 358 g/mol. The van der Waals surface area contributed by atoms with Crippen molar-refractivity contribution in [3.8, 4) is 0 Å². The Hall–Kier alpha value is -1.57. The molecule has 0 heterocycles. The van der Waals surface area contributed by atoms with Crippen LogP contribution in [-0.2, 0) is 18.5 Å². The molecule has 0 spiro atoms. The van der Waals surface area contributed by atoms with Crippen LogP contribution in [0.4, 0.5) is 0 Å². The summed E-state index contributed by atoms with van der Waals surface area (Å²) >= 11 is 0. The summed E-state index contributed by atoms with van der Waals surface area (Å²) in [5.41, 5.74) is 8.09. The Morgan fingerprint density at radius 1 is 1.00 bits per heavy atom. The van der Waals surface area contributed by atoms with Crippen LogP contribution >= 0.6 is 12.4 Å². The Labute approximate surface area is 160 Å². The minimum absolute atomic E-state index is 0. The molecule has 1 nitrogen and oxygen atoms in total. The van der Waals surface area contributed by atoms with E-state index >= 15 is 0 Å². The van der Waals surface area contributed by atoms with Gasteiger partial charge < -0.3 is 0 Å². The Balaban J connectivity index is 0.00000312. The van der Waals surface area contributed by atoms with Gasteiger partial charge in [0.25, 0.3) is 0 Å². The third kappa shape index (κ3) is 5.73. The highest BCUT2D eigenvalue weighted by molar-refractivity contribution is 5.85. The lowest BCUT2D eigenvalue weighted by Crippen LogP contribution is -2.18. The van der Waals surface area contributed by atoms with Crippen molar-refractivity contribution in [3.05, 3.63) is 76.9 Å². The molecule has 0 bridgehead atoms. The van der Waals surface area contributed by atoms with Gasteiger partial charge in [-0.15, -0.1) is 12.4 Å². The van der Waals surface area contributed by atoms with E-state index < -0.39 is 0 Å². The zero-order valence-corrected chi connectivity index (χ0v) is 17.3. The van der Waals surface area contributed by atoms with E-state index in [1.165, 1.54) is 27.8 Å². The van der Waals surface area contributed by atoms with Gasteiger partial charge in [0.15, 0.2) is 0 Å². The Morgan fingerprint density at radius 2 is 1.60 bits per heavy atom. The van der Waals surface area contributed by atoms with Crippen molar-refractivity contribution in [1.82, 2.24) is 4.90 Å². The molecular weight excluding hydrogens is 326 g/mol. The van der Waals surface area contributed by atoms with E-state index in [9.17, 15) is 0 Å². The van der Waals surface area contributed by atoms with Crippen molar-refractivity contribution in [2.45, 2.75) is 53.1 Å². The molecule has 0 N–H and O–H groups in total. The summed E-state index contributed by atoms with van der Waals surface area (Å²) in [6.07, 6.45) is 0. The molecule has 0 saturated heterocycles. The van der Waals surface area contributed by atoms with Crippen molar-refractivity contribution in [2.75, 3.05) is 7.05 Å². The van der Waals surface area contributed by atoms with Gasteiger partial charge in [-0.3, -0.25) is 4.90 Å². The second kappa shape index (κ2) is 8.69. The molecule has 0 amide bonds. The number of hydrogen-bond acceptors (Lipinski definition) is 1. The monoisotopic (exact) mass is 357 g/mol. The number of benzene rings is 2. The highest BCUT2D eigenvalue weighted by Gasteiger charge is 2.13. The summed E-state index contributed by atoms with van der Waals surface area (Å²) in [5, 5.41) is 0. The fraction of sp³-hybridized carbons (Fsp3) is 0.391. The lowest BCUT2D eigenvalue weighted by molar-refractivity contribution is 0.318. The number of allylic oxidation sites excluding steroid dienone is 1. The Morgan fingerprint density at radius 3 is 2.12 bits per heavy atom. The van der Waals surface area contributed by atoms with E-state index in [0.29, 0.717) is 0 Å². The van der Waals surface area contributed by atoms with Crippen molar-refractivity contribution >= 4 is 18.0 Å². The van der Waals surface area contributed by atoms with E-state index in [1.807, 2.05) is 0 Å². The third-order valence-corrected chi connectivity index (χ3v) is 4.62. The van der Waals surface area contributed by atoms with Gasteiger partial charge in [0.05, 0.1) is 0 Å². The normalized spacial score (nSPS) is 11.3. The molecule has 2 aromatic carbocycles. The highest BCUT2D eigenvalue weighted by Crippen LogP contribution is 2.24. The third-order valence-electron chi connectivity index (χ3n) is 4.62. The summed E-state index contributed by atoms with van der Waals surface area (Å²) in [4.78, 5) is 2.37. The van der Waals surface area contributed by atoms with Crippen molar-refractivity contribution in [3.63, 3.8) is 0 Å². The van der Waals surface area contributed by atoms with E-state index in [2.05, 4.69) is 95.6 Å². The van der Waals surface area contributed by atoms with Crippen LogP contribution in [0, 0.1) is 6.92 Å². The first-order valence-corrected chi connectivity index (χ1v) is 8.71. The molecule has 25 heavy (non-hydrogen) atoms. The first kappa shape index (κ1) is 21.5. The van der Waals surface area contributed by atoms with Crippen LogP contribution < -0.4 is 0 Å². The molecule has 0 fully saturated rings. The maximum atomic E-state index is 4.09. The minimum atomic E-state index is 0. The van der Waals surface area contributed by atoms with Crippen molar-refractivity contribution in [1.29, 1.82) is 0 Å². The van der Waals surface area contributed by atoms with E-state index in [-0.39, 0.29) is 17.8 Å². The molecule has 136 valence electrons. The highest BCUT2D eigenvalue weighted by atomic mass is 35.5. The molecule has 0 aromatic heterocycles. The molecule has 0 saturated carbocycles. The van der Waals surface area contributed by atoms with Gasteiger partial charge in [0, 0.05) is 13.1 Å². The second-order valence-corrected chi connectivity index (χ2v) is 7.99. The SMILES string of the molecule is C=C(C)c1cccc(CN(C)Cc2ccc(C(C)(C)C)cc2)c1C.Cl. The van der Waals surface area contributed by atoms with Crippen molar-refractivity contribution in [2.24, 2.45) is 0 Å². The number of hydrogen-bond donors (Lipinski definition) is 0. The Kier molecular flexibility index (Phi) is 7.46. The van der Waals surface area contributed by atoms with Gasteiger partial charge >= 0.3 is 0 Å². The largest absolute Gasteiger partial charge is 0.298 e. The van der Waals surface area contributed by atoms with E-state index in [1.54, 1.807) is 0 Å². The van der Waals surface area contributed by atoms with Gasteiger partial charge in [-0.1, -0.05) is 75.4 Å². The minimum Gasteiger partial charge on any atom is -0.298 e. The van der Waals surface area contributed by atoms with Crippen LogP contribution in [0.1, 0.15) is 55.5 Å². The first-order valence-electron chi connectivity index (χ1n) is 8.71. The standard InChI is InChI=1S/C23H31N.ClH/c1-17(2)22-10-8-9-20(18(22)3)16-24(7)15-19-11-13-21(14-12-19)23(4,5)6;/h8-14H,1,15-16H2,2-7H3;1H. The van der Waals surface area contributed by atoms with Crippen LogP contribution in [0.25, 0.3) is 5.57 Å². The van der Waals surface area contributed by atoms with E-state index in [4.69, 9.17) is 0 Å². The van der Waals surface area contributed by atoms with Crippen LogP contribution in [-0.4, -0.2) is 11.9 Å². The summed E-state index contributed by atoms with van der Waals surface area (Å²) in [5.74, 6) is 0. The van der Waals surface area contributed by atoms with Crippen LogP contribution in [0.15, 0.2) is 49.0 Å². The molecule has 0 aliphatic carbocycles. The average Bonchev–Trinajstić information content (AvgIpc) is 2.48. The zero-order chi connectivity index (χ0) is 17.9. The fourth-order valence-electron chi connectivity index (χ4n) is 3.09. The molecule has 0 aliphatic rings. The quantitative estimate of drug-likeness (QED) is 0.600. The number of halogens is 1. The van der Waals surface area contributed by atoms with Gasteiger partial charge in [0.1, 0.15) is 0 Å². The number of rotatable bonds is 5. The topological polar surface area (TPSA) is 3.24 Å². The second-order valence-electron chi connectivity index (χ2n) is 7.99. The smallest absolute Gasteiger partial charge is 0.0237 e. The summed E-state index contributed by atoms with van der Waals surface area (Å²) < 4.78 is 0. The van der Waals surface area contributed by atoms with Crippen LogP contribution in [0.5, 0.6) is 0 Å². The molecule has 2 heteroatoms. The first-order chi connectivity index (χ1) is 11.2. The molecule has 0 radical (unpaired) electrons. The van der Waals surface area contributed by atoms with Gasteiger partial charge in [-0.25, -0.2) is 0 Å². The lowest BCUT2D eigenvalue weighted by atomic mass is 9.87. The summed E-state index contributed by atoms with van der Waals surface area (Å²) in [7, 11) is 2.19. The van der Waals surface area contributed by atoms with Crippen LogP contribution in [0.3, 0.4) is 0 Å². The number of nitrogens with zero attached hydrogens (tertiary/aromatic N) is 1. The molecule has 0 unspecified atom stereocenters. The molecule has 0 atom stereocenters. The van der Waals surface area contributed by atoms with Crippen LogP contribution in [0.2, 0.25) is 0 Å². The molecule has 2 rings (SSSR count). The Bertz CT molecular complexity index is 708. The van der Waals surface area contributed by atoms with Gasteiger partial charge in [-0.05, 0) is 54.1 Å². The predicted molar refractivity (Wildman–Crippen MR) is 113 cm³/mol. The lowest BCUT2D eigenvalue weighted by Gasteiger charge is -2.21. The molecular formula is C23H32ClN. The molecule has 2 aromatic rings. The molecule has 0 aliphatic heterocycles.